The maximum absolute atomic E-state index is 11.4. The van der Waals surface area contributed by atoms with Crippen molar-refractivity contribution in [1.29, 1.82) is 0 Å². The topological polar surface area (TPSA) is 96.5 Å². The molecule has 98 valence electrons. The largest absolute Gasteiger partial charge is 0.481 e. The Labute approximate surface area is 105 Å². The number of hydrogen-bond donors (Lipinski definition) is 2. The predicted octanol–water partition coefficient (Wildman–Crippen LogP) is 0.708. The van der Waals surface area contributed by atoms with Crippen molar-refractivity contribution in [2.45, 2.75) is 20.3 Å². The lowest BCUT2D eigenvalue weighted by molar-refractivity contribution is -0.136. The Hall–Kier alpha value is -2.11. The molecular weight excluding hydrogens is 234 g/mol. The fraction of sp³-hybridized carbons (Fsp3) is 0.417. The summed E-state index contributed by atoms with van der Waals surface area (Å²) in [5.41, 5.74) is 7.18. The second kappa shape index (κ2) is 5.48. The van der Waals surface area contributed by atoms with Crippen molar-refractivity contribution < 1.29 is 14.7 Å². The predicted molar refractivity (Wildman–Crippen MR) is 67.8 cm³/mol. The van der Waals surface area contributed by atoms with Gasteiger partial charge < -0.3 is 15.7 Å². The van der Waals surface area contributed by atoms with Crippen LogP contribution < -0.4 is 10.6 Å². The van der Waals surface area contributed by atoms with E-state index in [1.165, 1.54) is 0 Å². The van der Waals surface area contributed by atoms with Crippen molar-refractivity contribution in [2.24, 2.45) is 5.73 Å². The van der Waals surface area contributed by atoms with Gasteiger partial charge in [-0.3, -0.25) is 9.59 Å². The molecule has 1 aromatic heterocycles. The summed E-state index contributed by atoms with van der Waals surface area (Å²) in [4.78, 5) is 27.9. The first-order chi connectivity index (χ1) is 8.32. The molecule has 0 spiro atoms. The second-order valence-electron chi connectivity index (χ2n) is 4.21. The molecule has 18 heavy (non-hydrogen) atoms. The van der Waals surface area contributed by atoms with E-state index in [-0.39, 0.29) is 13.0 Å². The SMILES string of the molecule is Cc1cc(C)c(C(N)=O)c(N(C)CCC(=O)O)n1. The van der Waals surface area contributed by atoms with Gasteiger partial charge in [0, 0.05) is 19.3 Å². The maximum atomic E-state index is 11.4. The van der Waals surface area contributed by atoms with E-state index in [2.05, 4.69) is 4.98 Å². The standard InChI is InChI=1S/C12H17N3O3/c1-7-6-8(2)14-12(10(7)11(13)18)15(3)5-4-9(16)17/h6H,4-5H2,1-3H3,(H2,13,18)(H,16,17). The normalized spacial score (nSPS) is 10.2. The van der Waals surface area contributed by atoms with Crippen LogP contribution in [0.1, 0.15) is 28.0 Å². The minimum atomic E-state index is -0.896. The van der Waals surface area contributed by atoms with Crippen molar-refractivity contribution in [3.05, 3.63) is 22.9 Å². The number of carbonyl (C=O) groups excluding carboxylic acids is 1. The van der Waals surface area contributed by atoms with E-state index < -0.39 is 11.9 Å². The van der Waals surface area contributed by atoms with Gasteiger partial charge in [0.2, 0.25) is 0 Å². The number of amides is 1. The maximum Gasteiger partial charge on any atom is 0.305 e. The molecule has 0 atom stereocenters. The molecule has 0 saturated heterocycles. The van der Waals surface area contributed by atoms with Crippen molar-refractivity contribution in [2.75, 3.05) is 18.5 Å². The highest BCUT2D eigenvalue weighted by Crippen LogP contribution is 2.21. The number of pyridine rings is 1. The lowest BCUT2D eigenvalue weighted by Gasteiger charge is -2.21. The molecule has 3 N–H and O–H groups in total. The minimum absolute atomic E-state index is 0.0244. The number of rotatable bonds is 5. The average Bonchev–Trinajstić information content (AvgIpc) is 2.23. The molecule has 6 heteroatoms. The molecule has 0 bridgehead atoms. The fourth-order valence-corrected chi connectivity index (χ4v) is 1.77. The molecule has 0 aliphatic heterocycles. The van der Waals surface area contributed by atoms with E-state index in [4.69, 9.17) is 10.8 Å². The molecule has 0 radical (unpaired) electrons. The Morgan fingerprint density at radius 3 is 2.56 bits per heavy atom. The molecule has 0 saturated carbocycles. The van der Waals surface area contributed by atoms with Gasteiger partial charge in [-0.15, -0.1) is 0 Å². The Bertz CT molecular complexity index is 486. The quantitative estimate of drug-likeness (QED) is 0.803. The highest BCUT2D eigenvalue weighted by molar-refractivity contribution is 5.99. The van der Waals surface area contributed by atoms with Crippen LogP contribution in [0.25, 0.3) is 0 Å². The monoisotopic (exact) mass is 251 g/mol. The van der Waals surface area contributed by atoms with Crippen LogP contribution in [0.4, 0.5) is 5.82 Å². The summed E-state index contributed by atoms with van der Waals surface area (Å²) in [6.07, 6.45) is -0.0244. The van der Waals surface area contributed by atoms with Crippen molar-refractivity contribution in [3.63, 3.8) is 0 Å². The van der Waals surface area contributed by atoms with Crippen LogP contribution in [0.5, 0.6) is 0 Å². The third-order valence-corrected chi connectivity index (χ3v) is 2.59. The minimum Gasteiger partial charge on any atom is -0.481 e. The number of aryl methyl sites for hydroxylation is 2. The Morgan fingerprint density at radius 2 is 2.06 bits per heavy atom. The molecule has 0 aromatic carbocycles. The highest BCUT2D eigenvalue weighted by atomic mass is 16.4. The Kier molecular flexibility index (Phi) is 4.25. The number of anilines is 1. The summed E-state index contributed by atoms with van der Waals surface area (Å²) in [5, 5.41) is 8.66. The summed E-state index contributed by atoms with van der Waals surface area (Å²) in [6.45, 7) is 3.86. The number of carboxylic acid groups (broad SMARTS) is 1. The van der Waals surface area contributed by atoms with Gasteiger partial charge in [-0.05, 0) is 25.5 Å². The van der Waals surface area contributed by atoms with Crippen LogP contribution in [0.3, 0.4) is 0 Å². The van der Waals surface area contributed by atoms with Gasteiger partial charge in [0.1, 0.15) is 5.82 Å². The fourth-order valence-electron chi connectivity index (χ4n) is 1.77. The molecule has 1 amide bonds. The van der Waals surface area contributed by atoms with Gasteiger partial charge in [-0.2, -0.15) is 0 Å². The Morgan fingerprint density at radius 1 is 1.44 bits per heavy atom. The van der Waals surface area contributed by atoms with E-state index >= 15 is 0 Å². The highest BCUT2D eigenvalue weighted by Gasteiger charge is 2.17. The number of aliphatic carboxylic acids is 1. The van der Waals surface area contributed by atoms with E-state index in [0.29, 0.717) is 11.4 Å². The van der Waals surface area contributed by atoms with E-state index in [9.17, 15) is 9.59 Å². The zero-order valence-electron chi connectivity index (χ0n) is 10.7. The lowest BCUT2D eigenvalue weighted by atomic mass is 10.1. The van der Waals surface area contributed by atoms with E-state index in [1.54, 1.807) is 24.9 Å². The van der Waals surface area contributed by atoms with Crippen molar-refractivity contribution in [3.8, 4) is 0 Å². The molecule has 0 fully saturated rings. The van der Waals surface area contributed by atoms with Gasteiger partial charge >= 0.3 is 5.97 Å². The van der Waals surface area contributed by atoms with E-state index in [1.807, 2.05) is 6.92 Å². The first-order valence-corrected chi connectivity index (χ1v) is 5.54. The molecule has 1 heterocycles. The van der Waals surface area contributed by atoms with Gasteiger partial charge in [0.25, 0.3) is 5.91 Å². The molecule has 0 aliphatic rings. The first-order valence-electron chi connectivity index (χ1n) is 5.54. The van der Waals surface area contributed by atoms with Crippen LogP contribution in [0.15, 0.2) is 6.07 Å². The third-order valence-electron chi connectivity index (χ3n) is 2.59. The number of nitrogens with zero attached hydrogens (tertiary/aromatic N) is 2. The summed E-state index contributed by atoms with van der Waals surface area (Å²) >= 11 is 0. The van der Waals surface area contributed by atoms with E-state index in [0.717, 1.165) is 11.3 Å². The lowest BCUT2D eigenvalue weighted by Crippen LogP contribution is -2.27. The number of aromatic nitrogens is 1. The van der Waals surface area contributed by atoms with Gasteiger partial charge in [0.05, 0.1) is 12.0 Å². The number of hydrogen-bond acceptors (Lipinski definition) is 4. The van der Waals surface area contributed by atoms with Gasteiger partial charge in [0.15, 0.2) is 0 Å². The number of carbonyl (C=O) groups is 2. The van der Waals surface area contributed by atoms with Gasteiger partial charge in [-0.1, -0.05) is 0 Å². The number of carboxylic acids is 1. The summed E-state index contributed by atoms with van der Waals surface area (Å²) < 4.78 is 0. The summed E-state index contributed by atoms with van der Waals surface area (Å²) in [6, 6.07) is 1.77. The first kappa shape index (κ1) is 14.0. The average molecular weight is 251 g/mol. The zero-order chi connectivity index (χ0) is 13.9. The number of primary amides is 1. The summed E-state index contributed by atoms with van der Waals surface area (Å²) in [5.74, 6) is -1.02. The Balaban J connectivity index is 3.13. The van der Waals surface area contributed by atoms with Crippen LogP contribution in [0.2, 0.25) is 0 Å². The molecule has 0 aliphatic carbocycles. The molecular formula is C12H17N3O3. The molecule has 0 unspecified atom stereocenters. The smallest absolute Gasteiger partial charge is 0.305 e. The van der Waals surface area contributed by atoms with Crippen LogP contribution in [-0.2, 0) is 4.79 Å². The summed E-state index contributed by atoms with van der Waals surface area (Å²) in [7, 11) is 1.69. The van der Waals surface area contributed by atoms with Crippen molar-refractivity contribution >= 4 is 17.7 Å². The molecule has 1 aromatic rings. The number of nitrogens with two attached hydrogens (primary N) is 1. The van der Waals surface area contributed by atoms with Crippen molar-refractivity contribution in [1.82, 2.24) is 4.98 Å². The molecule has 1 rings (SSSR count). The van der Waals surface area contributed by atoms with Gasteiger partial charge in [-0.25, -0.2) is 4.98 Å². The van der Waals surface area contributed by atoms with Crippen LogP contribution >= 0.6 is 0 Å². The second-order valence-corrected chi connectivity index (χ2v) is 4.21. The molecule has 6 nitrogen and oxygen atoms in total. The van der Waals surface area contributed by atoms with Crippen LogP contribution in [-0.4, -0.2) is 35.6 Å². The third kappa shape index (κ3) is 3.19. The zero-order valence-corrected chi connectivity index (χ0v) is 10.7. The van der Waals surface area contributed by atoms with Crippen LogP contribution in [0, 0.1) is 13.8 Å².